The standard InChI is InChI=1S/C16H15N5O4/c1-25-11-4-2-3-9(7-11)14(17)16-18-15(19-20-16)10-5-6-13(22)12(8-10)21(23)24/h2-8,14,22H,17H2,1H3,(H,18,19,20)/t14-/m0/s1. The summed E-state index contributed by atoms with van der Waals surface area (Å²) in [5, 5.41) is 27.2. The number of rotatable bonds is 5. The van der Waals surface area contributed by atoms with E-state index in [0.717, 1.165) is 5.56 Å². The Morgan fingerprint density at radius 2 is 2.12 bits per heavy atom. The fourth-order valence-electron chi connectivity index (χ4n) is 2.34. The highest BCUT2D eigenvalue weighted by Crippen LogP contribution is 2.30. The molecule has 0 aliphatic rings. The predicted octanol–water partition coefficient (Wildman–Crippen LogP) is 2.14. The summed E-state index contributed by atoms with van der Waals surface area (Å²) in [6.07, 6.45) is 0. The molecule has 9 heteroatoms. The molecule has 128 valence electrons. The number of phenolic OH excluding ortho intramolecular Hbond substituents is 1. The second-order valence-corrected chi connectivity index (χ2v) is 5.26. The van der Waals surface area contributed by atoms with Gasteiger partial charge in [0.25, 0.3) is 0 Å². The van der Waals surface area contributed by atoms with Crippen LogP contribution < -0.4 is 10.5 Å². The average molecular weight is 341 g/mol. The number of nitrogens with zero attached hydrogens (tertiary/aromatic N) is 3. The van der Waals surface area contributed by atoms with Crippen molar-refractivity contribution in [2.45, 2.75) is 6.04 Å². The summed E-state index contributed by atoms with van der Waals surface area (Å²) in [7, 11) is 1.56. The van der Waals surface area contributed by atoms with E-state index in [-0.39, 0.29) is 5.82 Å². The van der Waals surface area contributed by atoms with E-state index < -0.39 is 22.4 Å². The van der Waals surface area contributed by atoms with Gasteiger partial charge in [-0.1, -0.05) is 12.1 Å². The van der Waals surface area contributed by atoms with Gasteiger partial charge in [-0.2, -0.15) is 5.10 Å². The van der Waals surface area contributed by atoms with Crippen molar-refractivity contribution >= 4 is 5.69 Å². The molecule has 0 aliphatic carbocycles. The van der Waals surface area contributed by atoms with Gasteiger partial charge in [0, 0.05) is 11.6 Å². The van der Waals surface area contributed by atoms with Crippen molar-refractivity contribution in [2.24, 2.45) is 5.73 Å². The third kappa shape index (κ3) is 3.26. The second kappa shape index (κ2) is 6.57. The fraction of sp³-hybridized carbons (Fsp3) is 0.125. The number of nitrogens with two attached hydrogens (primary N) is 1. The average Bonchev–Trinajstić information content (AvgIpc) is 3.11. The third-order valence-corrected chi connectivity index (χ3v) is 3.68. The van der Waals surface area contributed by atoms with Crippen LogP contribution in [0.25, 0.3) is 11.4 Å². The summed E-state index contributed by atoms with van der Waals surface area (Å²) >= 11 is 0. The first-order valence-electron chi connectivity index (χ1n) is 7.29. The van der Waals surface area contributed by atoms with Gasteiger partial charge in [0.1, 0.15) is 11.6 Å². The van der Waals surface area contributed by atoms with Crippen LogP contribution in [0.4, 0.5) is 5.69 Å². The van der Waals surface area contributed by atoms with Crippen molar-refractivity contribution in [2.75, 3.05) is 7.11 Å². The van der Waals surface area contributed by atoms with E-state index in [1.807, 2.05) is 12.1 Å². The van der Waals surface area contributed by atoms with Gasteiger partial charge in [-0.25, -0.2) is 4.98 Å². The highest BCUT2D eigenvalue weighted by atomic mass is 16.6. The number of aromatic hydroxyl groups is 1. The minimum Gasteiger partial charge on any atom is -0.502 e. The van der Waals surface area contributed by atoms with Crippen LogP contribution in [-0.2, 0) is 0 Å². The maximum Gasteiger partial charge on any atom is 0.311 e. The van der Waals surface area contributed by atoms with Gasteiger partial charge >= 0.3 is 5.69 Å². The normalized spacial score (nSPS) is 11.9. The van der Waals surface area contributed by atoms with Crippen LogP contribution in [0.2, 0.25) is 0 Å². The SMILES string of the molecule is COc1cccc([C@H](N)c2nc(-c3ccc(O)c([N+](=O)[O-])c3)n[nH]2)c1. The Morgan fingerprint density at radius 3 is 2.84 bits per heavy atom. The molecule has 0 amide bonds. The number of nitro groups is 1. The number of hydrogen-bond acceptors (Lipinski definition) is 7. The minimum absolute atomic E-state index is 0.247. The number of ether oxygens (including phenoxy) is 1. The number of aromatic amines is 1. The predicted molar refractivity (Wildman–Crippen MR) is 89.2 cm³/mol. The largest absolute Gasteiger partial charge is 0.502 e. The number of H-pyrrole nitrogens is 1. The fourth-order valence-corrected chi connectivity index (χ4v) is 2.34. The molecule has 4 N–H and O–H groups in total. The number of phenols is 1. The lowest BCUT2D eigenvalue weighted by Gasteiger charge is -2.09. The molecule has 3 aromatic rings. The van der Waals surface area contributed by atoms with Crippen molar-refractivity contribution in [3.63, 3.8) is 0 Å². The molecule has 0 fully saturated rings. The first-order valence-corrected chi connectivity index (χ1v) is 7.29. The van der Waals surface area contributed by atoms with E-state index >= 15 is 0 Å². The number of benzene rings is 2. The summed E-state index contributed by atoms with van der Waals surface area (Å²) in [5.41, 5.74) is 6.95. The first-order chi connectivity index (χ1) is 12.0. The molecule has 1 heterocycles. The van der Waals surface area contributed by atoms with Crippen molar-refractivity contribution < 1.29 is 14.8 Å². The van der Waals surface area contributed by atoms with Crippen LogP contribution in [0.15, 0.2) is 42.5 Å². The van der Waals surface area contributed by atoms with Crippen molar-refractivity contribution in [1.29, 1.82) is 0 Å². The quantitative estimate of drug-likeness (QED) is 0.477. The number of hydrogen-bond donors (Lipinski definition) is 3. The van der Waals surface area contributed by atoms with E-state index in [4.69, 9.17) is 10.5 Å². The Balaban J connectivity index is 1.92. The van der Waals surface area contributed by atoms with E-state index in [1.165, 1.54) is 18.2 Å². The van der Waals surface area contributed by atoms with E-state index in [0.29, 0.717) is 17.1 Å². The van der Waals surface area contributed by atoms with Crippen molar-refractivity contribution in [3.8, 4) is 22.9 Å². The van der Waals surface area contributed by atoms with Gasteiger partial charge in [-0.05, 0) is 29.8 Å². The monoisotopic (exact) mass is 341 g/mol. The Hall–Kier alpha value is -3.46. The lowest BCUT2D eigenvalue weighted by Crippen LogP contribution is -2.13. The molecule has 25 heavy (non-hydrogen) atoms. The summed E-state index contributed by atoms with van der Waals surface area (Å²) in [6.45, 7) is 0. The zero-order chi connectivity index (χ0) is 18.0. The molecule has 0 spiro atoms. The van der Waals surface area contributed by atoms with Gasteiger partial charge in [-0.15, -0.1) is 0 Å². The molecular weight excluding hydrogens is 326 g/mol. The van der Waals surface area contributed by atoms with Gasteiger partial charge in [0.05, 0.1) is 18.1 Å². The van der Waals surface area contributed by atoms with Gasteiger partial charge in [-0.3, -0.25) is 15.2 Å². The minimum atomic E-state index is -0.672. The number of nitrogens with one attached hydrogen (secondary N) is 1. The second-order valence-electron chi connectivity index (χ2n) is 5.26. The Kier molecular flexibility index (Phi) is 4.31. The summed E-state index contributed by atoms with van der Waals surface area (Å²) < 4.78 is 5.17. The number of aromatic nitrogens is 3. The zero-order valence-corrected chi connectivity index (χ0v) is 13.2. The number of methoxy groups -OCH3 is 1. The Labute approximate surface area is 142 Å². The molecule has 1 aromatic heterocycles. The van der Waals surface area contributed by atoms with Crippen molar-refractivity contribution in [1.82, 2.24) is 15.2 Å². The summed E-state index contributed by atoms with van der Waals surface area (Å²) in [5.74, 6) is 0.898. The molecule has 1 atom stereocenters. The topological polar surface area (TPSA) is 140 Å². The Bertz CT molecular complexity index is 924. The summed E-state index contributed by atoms with van der Waals surface area (Å²) in [6, 6.07) is 10.6. The molecule has 0 radical (unpaired) electrons. The molecule has 3 rings (SSSR count). The zero-order valence-electron chi connectivity index (χ0n) is 13.2. The highest BCUT2D eigenvalue weighted by molar-refractivity contribution is 5.63. The van der Waals surface area contributed by atoms with Gasteiger partial charge in [0.2, 0.25) is 0 Å². The van der Waals surface area contributed by atoms with Crippen LogP contribution >= 0.6 is 0 Å². The molecule has 2 aromatic carbocycles. The lowest BCUT2D eigenvalue weighted by atomic mass is 10.1. The van der Waals surface area contributed by atoms with Crippen LogP contribution in [0, 0.1) is 10.1 Å². The van der Waals surface area contributed by atoms with E-state index in [9.17, 15) is 15.2 Å². The maximum atomic E-state index is 10.9. The van der Waals surface area contributed by atoms with Crippen LogP contribution in [0.3, 0.4) is 0 Å². The number of nitro benzene ring substituents is 1. The Morgan fingerprint density at radius 1 is 1.32 bits per heavy atom. The first kappa shape index (κ1) is 16.4. The summed E-state index contributed by atoms with van der Waals surface area (Å²) in [4.78, 5) is 14.6. The van der Waals surface area contributed by atoms with E-state index in [2.05, 4.69) is 15.2 Å². The molecule has 9 nitrogen and oxygen atoms in total. The molecule has 0 unspecified atom stereocenters. The smallest absolute Gasteiger partial charge is 0.311 e. The maximum absolute atomic E-state index is 10.9. The van der Waals surface area contributed by atoms with Gasteiger partial charge in [0.15, 0.2) is 11.6 Å². The van der Waals surface area contributed by atoms with Crippen molar-refractivity contribution in [3.05, 3.63) is 64.0 Å². The molecule has 0 aliphatic heterocycles. The molecule has 0 bridgehead atoms. The molecular formula is C16H15N5O4. The lowest BCUT2D eigenvalue weighted by molar-refractivity contribution is -0.385. The van der Waals surface area contributed by atoms with Crippen LogP contribution in [0.5, 0.6) is 11.5 Å². The highest BCUT2D eigenvalue weighted by Gasteiger charge is 2.19. The van der Waals surface area contributed by atoms with Gasteiger partial charge < -0.3 is 15.6 Å². The molecule has 0 saturated heterocycles. The molecule has 0 saturated carbocycles. The van der Waals surface area contributed by atoms with Crippen LogP contribution in [0.1, 0.15) is 17.4 Å². The third-order valence-electron chi connectivity index (χ3n) is 3.68. The van der Waals surface area contributed by atoms with Crippen LogP contribution in [-0.4, -0.2) is 32.3 Å². The van der Waals surface area contributed by atoms with E-state index in [1.54, 1.807) is 19.2 Å².